The third kappa shape index (κ3) is 3.60. The molecule has 0 aliphatic carbocycles. The summed E-state index contributed by atoms with van der Waals surface area (Å²) >= 11 is 0. The Morgan fingerprint density at radius 3 is 2.84 bits per heavy atom. The minimum atomic E-state index is 0.251. The summed E-state index contributed by atoms with van der Waals surface area (Å²) in [4.78, 5) is 13.2. The number of rotatable bonds is 5. The van der Waals surface area contributed by atoms with Crippen molar-refractivity contribution < 1.29 is 9.47 Å². The fourth-order valence-electron chi connectivity index (χ4n) is 2.50. The lowest BCUT2D eigenvalue weighted by atomic mass is 10.3. The molecular formula is C18H17N5O2. The van der Waals surface area contributed by atoms with Gasteiger partial charge in [0.05, 0.1) is 12.2 Å². The number of pyridine rings is 1. The Labute approximate surface area is 145 Å². The van der Waals surface area contributed by atoms with Gasteiger partial charge in [-0.2, -0.15) is 4.98 Å². The van der Waals surface area contributed by atoms with Crippen molar-refractivity contribution in [3.8, 4) is 11.5 Å². The summed E-state index contributed by atoms with van der Waals surface area (Å²) in [5, 5.41) is 6.47. The summed E-state index contributed by atoms with van der Waals surface area (Å²) in [6.07, 6.45) is 1.77. The molecule has 0 bridgehead atoms. The fraction of sp³-hybridized carbons (Fsp3) is 0.167. The Bertz CT molecular complexity index is 886. The highest BCUT2D eigenvalue weighted by Gasteiger charge is 2.13. The van der Waals surface area contributed by atoms with Crippen LogP contribution in [0.3, 0.4) is 0 Å². The maximum Gasteiger partial charge on any atom is 0.231 e. The van der Waals surface area contributed by atoms with Gasteiger partial charge in [0.2, 0.25) is 12.7 Å². The van der Waals surface area contributed by atoms with Gasteiger partial charge in [-0.15, -0.1) is 0 Å². The molecule has 0 unspecified atom stereocenters. The third-order valence-corrected chi connectivity index (χ3v) is 3.66. The van der Waals surface area contributed by atoms with Crippen molar-refractivity contribution >= 4 is 17.5 Å². The van der Waals surface area contributed by atoms with Gasteiger partial charge in [0.25, 0.3) is 0 Å². The molecular weight excluding hydrogens is 318 g/mol. The molecule has 0 amide bonds. The summed E-state index contributed by atoms with van der Waals surface area (Å²) in [7, 11) is 0. The first kappa shape index (κ1) is 15.2. The van der Waals surface area contributed by atoms with E-state index in [4.69, 9.17) is 9.47 Å². The van der Waals surface area contributed by atoms with E-state index in [9.17, 15) is 0 Å². The molecule has 25 heavy (non-hydrogen) atoms. The van der Waals surface area contributed by atoms with Crippen LogP contribution in [0.2, 0.25) is 0 Å². The number of hydrogen-bond acceptors (Lipinski definition) is 7. The predicted octanol–water partition coefficient (Wildman–Crippen LogP) is 3.26. The SMILES string of the molecule is Cc1cc(NCc2ccccn2)nc(Nc2ccc3c(c2)OCO3)n1. The van der Waals surface area contributed by atoms with Crippen molar-refractivity contribution in [1.82, 2.24) is 15.0 Å². The Morgan fingerprint density at radius 1 is 1.04 bits per heavy atom. The van der Waals surface area contributed by atoms with E-state index in [-0.39, 0.29) is 6.79 Å². The van der Waals surface area contributed by atoms with Gasteiger partial charge in [-0.1, -0.05) is 6.07 Å². The van der Waals surface area contributed by atoms with Crippen LogP contribution in [0.5, 0.6) is 11.5 Å². The first-order valence-electron chi connectivity index (χ1n) is 7.92. The number of ether oxygens (including phenoxy) is 2. The Hall–Kier alpha value is -3.35. The van der Waals surface area contributed by atoms with Crippen LogP contribution in [0, 0.1) is 6.92 Å². The summed E-state index contributed by atoms with van der Waals surface area (Å²) < 4.78 is 10.7. The standard InChI is InChI=1S/C18H17N5O2/c1-12-8-17(20-10-14-4-2-3-7-19-14)23-18(21-12)22-13-5-6-15-16(9-13)25-11-24-15/h2-9H,10-11H2,1H3,(H2,20,21,22,23). The second-order valence-electron chi connectivity index (χ2n) is 5.59. The first-order valence-corrected chi connectivity index (χ1v) is 7.92. The van der Waals surface area contributed by atoms with Gasteiger partial charge in [0, 0.05) is 29.7 Å². The van der Waals surface area contributed by atoms with Crippen molar-refractivity contribution in [1.29, 1.82) is 0 Å². The highest BCUT2D eigenvalue weighted by Crippen LogP contribution is 2.34. The molecule has 0 fully saturated rings. The molecule has 3 heterocycles. The molecule has 7 heteroatoms. The number of nitrogens with zero attached hydrogens (tertiary/aromatic N) is 3. The lowest BCUT2D eigenvalue weighted by Gasteiger charge is -2.10. The maximum atomic E-state index is 5.39. The molecule has 1 aliphatic heterocycles. The van der Waals surface area contributed by atoms with Gasteiger partial charge < -0.3 is 20.1 Å². The van der Waals surface area contributed by atoms with E-state index < -0.39 is 0 Å². The topological polar surface area (TPSA) is 81.2 Å². The largest absolute Gasteiger partial charge is 0.454 e. The van der Waals surface area contributed by atoms with E-state index >= 15 is 0 Å². The van der Waals surface area contributed by atoms with Crippen LogP contribution >= 0.6 is 0 Å². The van der Waals surface area contributed by atoms with Crippen LogP contribution < -0.4 is 20.1 Å². The molecule has 4 rings (SSSR count). The zero-order valence-electron chi connectivity index (χ0n) is 13.7. The zero-order valence-corrected chi connectivity index (χ0v) is 13.7. The van der Waals surface area contributed by atoms with Gasteiger partial charge in [-0.25, -0.2) is 4.98 Å². The number of nitrogens with one attached hydrogen (secondary N) is 2. The molecule has 7 nitrogen and oxygen atoms in total. The smallest absolute Gasteiger partial charge is 0.231 e. The van der Waals surface area contributed by atoms with E-state index in [0.29, 0.717) is 18.2 Å². The average molecular weight is 335 g/mol. The van der Waals surface area contributed by atoms with Crippen LogP contribution in [0.15, 0.2) is 48.7 Å². The molecule has 3 aromatic rings. The average Bonchev–Trinajstić information content (AvgIpc) is 3.08. The lowest BCUT2D eigenvalue weighted by Crippen LogP contribution is -2.06. The summed E-state index contributed by atoms with van der Waals surface area (Å²) in [6.45, 7) is 2.78. The second-order valence-corrected chi connectivity index (χ2v) is 5.59. The molecule has 1 aliphatic rings. The summed E-state index contributed by atoms with van der Waals surface area (Å²) in [5.41, 5.74) is 2.65. The fourth-order valence-corrected chi connectivity index (χ4v) is 2.50. The van der Waals surface area contributed by atoms with Crippen molar-refractivity contribution in [2.75, 3.05) is 17.4 Å². The van der Waals surface area contributed by atoms with Crippen molar-refractivity contribution in [2.24, 2.45) is 0 Å². The third-order valence-electron chi connectivity index (χ3n) is 3.66. The highest BCUT2D eigenvalue weighted by atomic mass is 16.7. The number of hydrogen-bond donors (Lipinski definition) is 2. The minimum absolute atomic E-state index is 0.251. The number of anilines is 3. The Kier molecular flexibility index (Phi) is 4.04. The predicted molar refractivity (Wildman–Crippen MR) is 94.2 cm³/mol. The highest BCUT2D eigenvalue weighted by molar-refractivity contribution is 5.61. The second kappa shape index (κ2) is 6.64. The van der Waals surface area contributed by atoms with Gasteiger partial charge in [0.15, 0.2) is 11.5 Å². The van der Waals surface area contributed by atoms with Gasteiger partial charge in [0.1, 0.15) is 5.82 Å². The van der Waals surface area contributed by atoms with Crippen LogP contribution in [0.1, 0.15) is 11.4 Å². The molecule has 2 N–H and O–H groups in total. The molecule has 0 radical (unpaired) electrons. The van der Waals surface area contributed by atoms with Gasteiger partial charge in [-0.05, 0) is 31.2 Å². The summed E-state index contributed by atoms with van der Waals surface area (Å²) in [6, 6.07) is 13.4. The molecule has 0 saturated carbocycles. The van der Waals surface area contributed by atoms with E-state index in [1.165, 1.54) is 0 Å². The van der Waals surface area contributed by atoms with Crippen molar-refractivity contribution in [3.05, 3.63) is 60.0 Å². The van der Waals surface area contributed by atoms with Crippen LogP contribution in [0.4, 0.5) is 17.5 Å². The molecule has 126 valence electrons. The van der Waals surface area contributed by atoms with E-state index in [1.54, 1.807) is 6.20 Å². The monoisotopic (exact) mass is 335 g/mol. The van der Waals surface area contributed by atoms with E-state index in [2.05, 4.69) is 25.6 Å². The Balaban J connectivity index is 1.49. The maximum absolute atomic E-state index is 5.39. The quantitative estimate of drug-likeness (QED) is 0.740. The molecule has 0 atom stereocenters. The van der Waals surface area contributed by atoms with Crippen LogP contribution in [-0.4, -0.2) is 21.7 Å². The first-order chi connectivity index (χ1) is 12.3. The lowest BCUT2D eigenvalue weighted by molar-refractivity contribution is 0.174. The van der Waals surface area contributed by atoms with Crippen LogP contribution in [0.25, 0.3) is 0 Å². The molecule has 2 aromatic heterocycles. The van der Waals surface area contributed by atoms with Gasteiger partial charge in [-0.3, -0.25) is 4.98 Å². The Morgan fingerprint density at radius 2 is 1.96 bits per heavy atom. The van der Waals surface area contributed by atoms with E-state index in [0.717, 1.165) is 28.6 Å². The van der Waals surface area contributed by atoms with E-state index in [1.807, 2.05) is 49.4 Å². The number of aryl methyl sites for hydroxylation is 1. The number of aromatic nitrogens is 3. The van der Waals surface area contributed by atoms with Crippen molar-refractivity contribution in [3.63, 3.8) is 0 Å². The normalized spacial score (nSPS) is 12.0. The summed E-state index contributed by atoms with van der Waals surface area (Å²) in [5.74, 6) is 2.71. The minimum Gasteiger partial charge on any atom is -0.454 e. The molecule has 0 spiro atoms. The number of benzene rings is 1. The number of fused-ring (bicyclic) bond motifs is 1. The van der Waals surface area contributed by atoms with Crippen molar-refractivity contribution in [2.45, 2.75) is 13.5 Å². The zero-order chi connectivity index (χ0) is 17.1. The van der Waals surface area contributed by atoms with Crippen LogP contribution in [-0.2, 0) is 6.54 Å². The van der Waals surface area contributed by atoms with Gasteiger partial charge >= 0.3 is 0 Å². The molecule has 1 aromatic carbocycles. The molecule has 0 saturated heterocycles.